The second kappa shape index (κ2) is 9.10. The fourth-order valence-electron chi connectivity index (χ4n) is 3.58. The number of carbonyl (C=O) groups is 1. The lowest BCUT2D eigenvalue weighted by atomic mass is 9.98. The number of ether oxygens (including phenoxy) is 1. The number of hydrogen-bond donors (Lipinski definition) is 1. The van der Waals surface area contributed by atoms with Crippen molar-refractivity contribution in [2.24, 2.45) is 0 Å². The standard InChI is InChI=1S/C24H18F3N3O2/c25-24(26,27)22-29-13-16(14-30-22)7-5-6-12-28-23(31)32-15-21-19-10-3-1-8-17(19)18-9-2-4-11-20(18)21/h1-4,8-11,13-14,21H,6,12,15H2,(H,28,31). The van der Waals surface area contributed by atoms with Gasteiger partial charge < -0.3 is 10.1 Å². The number of halogens is 3. The van der Waals surface area contributed by atoms with Crippen LogP contribution in [0.2, 0.25) is 0 Å². The average Bonchev–Trinajstić information content (AvgIpc) is 3.11. The van der Waals surface area contributed by atoms with Gasteiger partial charge in [-0.05, 0) is 22.3 Å². The molecule has 2 aromatic carbocycles. The molecule has 0 saturated heterocycles. The van der Waals surface area contributed by atoms with Crippen molar-refractivity contribution in [2.75, 3.05) is 13.2 Å². The monoisotopic (exact) mass is 437 g/mol. The van der Waals surface area contributed by atoms with Crippen molar-refractivity contribution >= 4 is 6.09 Å². The zero-order valence-corrected chi connectivity index (χ0v) is 16.8. The number of alkyl carbamates (subject to hydrolysis) is 1. The van der Waals surface area contributed by atoms with Crippen LogP contribution in [-0.4, -0.2) is 29.2 Å². The van der Waals surface area contributed by atoms with Crippen LogP contribution in [0.15, 0.2) is 60.9 Å². The number of hydrogen-bond acceptors (Lipinski definition) is 4. The molecule has 0 bridgehead atoms. The zero-order valence-electron chi connectivity index (χ0n) is 16.8. The number of nitrogens with one attached hydrogen (secondary N) is 1. The third-order valence-corrected chi connectivity index (χ3v) is 5.00. The summed E-state index contributed by atoms with van der Waals surface area (Å²) in [6.07, 6.45) is -2.81. The van der Waals surface area contributed by atoms with Crippen molar-refractivity contribution < 1.29 is 22.7 Å². The molecule has 0 unspecified atom stereocenters. The van der Waals surface area contributed by atoms with Crippen LogP contribution in [0.4, 0.5) is 18.0 Å². The minimum Gasteiger partial charge on any atom is -0.449 e. The summed E-state index contributed by atoms with van der Waals surface area (Å²) in [5.41, 5.74) is 4.83. The van der Waals surface area contributed by atoms with E-state index in [1.54, 1.807) is 0 Å². The molecule has 0 saturated carbocycles. The number of carbonyl (C=O) groups excluding carboxylic acids is 1. The Hall–Kier alpha value is -3.86. The van der Waals surface area contributed by atoms with Gasteiger partial charge in [-0.2, -0.15) is 13.2 Å². The lowest BCUT2D eigenvalue weighted by Crippen LogP contribution is -2.26. The molecule has 1 N–H and O–H groups in total. The average molecular weight is 437 g/mol. The van der Waals surface area contributed by atoms with Crippen LogP contribution in [0.5, 0.6) is 0 Å². The lowest BCUT2D eigenvalue weighted by Gasteiger charge is -2.14. The summed E-state index contributed by atoms with van der Waals surface area (Å²) < 4.78 is 42.8. The number of nitrogens with zero attached hydrogens (tertiary/aromatic N) is 2. The Kier molecular flexibility index (Phi) is 6.08. The number of aromatic nitrogens is 2. The van der Waals surface area contributed by atoms with Crippen molar-refractivity contribution in [2.45, 2.75) is 18.5 Å². The highest BCUT2D eigenvalue weighted by molar-refractivity contribution is 5.79. The summed E-state index contributed by atoms with van der Waals surface area (Å²) in [4.78, 5) is 18.6. The van der Waals surface area contributed by atoms with Crippen LogP contribution in [-0.2, 0) is 10.9 Å². The van der Waals surface area contributed by atoms with E-state index in [1.165, 1.54) is 0 Å². The second-order valence-corrected chi connectivity index (χ2v) is 7.10. The molecule has 0 aliphatic heterocycles. The first-order valence-corrected chi connectivity index (χ1v) is 9.90. The molecule has 0 spiro atoms. The molecule has 1 amide bonds. The van der Waals surface area contributed by atoms with E-state index in [4.69, 9.17) is 4.74 Å². The van der Waals surface area contributed by atoms with E-state index < -0.39 is 18.1 Å². The van der Waals surface area contributed by atoms with Crippen LogP contribution in [0, 0.1) is 11.8 Å². The molecule has 0 atom stereocenters. The molecule has 1 heterocycles. The van der Waals surface area contributed by atoms with Crippen molar-refractivity contribution in [1.82, 2.24) is 15.3 Å². The number of amides is 1. The third-order valence-electron chi connectivity index (χ3n) is 5.00. The topological polar surface area (TPSA) is 64.1 Å². The summed E-state index contributed by atoms with van der Waals surface area (Å²) in [6.45, 7) is 0.458. The Balaban J connectivity index is 1.26. The lowest BCUT2D eigenvalue weighted by molar-refractivity contribution is -0.145. The van der Waals surface area contributed by atoms with Crippen molar-refractivity contribution in [1.29, 1.82) is 0 Å². The van der Waals surface area contributed by atoms with Gasteiger partial charge >= 0.3 is 12.3 Å². The molecule has 8 heteroatoms. The Labute approximate surface area is 182 Å². The van der Waals surface area contributed by atoms with Gasteiger partial charge in [-0.1, -0.05) is 60.4 Å². The second-order valence-electron chi connectivity index (χ2n) is 7.10. The van der Waals surface area contributed by atoms with Crippen molar-refractivity contribution in [3.8, 4) is 23.0 Å². The molecule has 1 aromatic heterocycles. The fraction of sp³-hybridized carbons (Fsp3) is 0.208. The maximum absolute atomic E-state index is 12.4. The van der Waals surface area contributed by atoms with Crippen LogP contribution < -0.4 is 5.32 Å². The van der Waals surface area contributed by atoms with Gasteiger partial charge in [0, 0.05) is 31.3 Å². The Bertz CT molecular complexity index is 1140. The van der Waals surface area contributed by atoms with Crippen LogP contribution in [0.25, 0.3) is 11.1 Å². The van der Waals surface area contributed by atoms with Gasteiger partial charge in [0.25, 0.3) is 0 Å². The summed E-state index contributed by atoms with van der Waals surface area (Å²) in [5.74, 6) is 4.19. The normalized spacial score (nSPS) is 12.3. The van der Waals surface area contributed by atoms with Gasteiger partial charge in [-0.25, -0.2) is 14.8 Å². The number of benzene rings is 2. The Morgan fingerprint density at radius 1 is 1.00 bits per heavy atom. The van der Waals surface area contributed by atoms with E-state index in [1.807, 2.05) is 36.4 Å². The van der Waals surface area contributed by atoms with E-state index in [9.17, 15) is 18.0 Å². The van der Waals surface area contributed by atoms with Gasteiger partial charge in [-0.15, -0.1) is 0 Å². The molecule has 1 aliphatic carbocycles. The smallest absolute Gasteiger partial charge is 0.449 e. The van der Waals surface area contributed by atoms with Gasteiger partial charge in [0.1, 0.15) is 6.61 Å². The Morgan fingerprint density at radius 2 is 1.59 bits per heavy atom. The van der Waals surface area contributed by atoms with Gasteiger partial charge in [0.15, 0.2) is 0 Å². The van der Waals surface area contributed by atoms with Crippen molar-refractivity contribution in [3.63, 3.8) is 0 Å². The first-order valence-electron chi connectivity index (χ1n) is 9.90. The van der Waals surface area contributed by atoms with Crippen molar-refractivity contribution in [3.05, 3.63) is 83.4 Å². The largest absolute Gasteiger partial charge is 0.451 e. The quantitative estimate of drug-likeness (QED) is 0.472. The molecule has 4 rings (SSSR count). The third kappa shape index (κ3) is 4.72. The van der Waals surface area contributed by atoms with E-state index >= 15 is 0 Å². The minimum atomic E-state index is -4.58. The highest BCUT2D eigenvalue weighted by atomic mass is 19.4. The molecule has 32 heavy (non-hydrogen) atoms. The van der Waals surface area contributed by atoms with E-state index in [0.717, 1.165) is 34.6 Å². The predicted molar refractivity (Wildman–Crippen MR) is 112 cm³/mol. The summed E-state index contributed by atoms with van der Waals surface area (Å²) >= 11 is 0. The predicted octanol–water partition coefficient (Wildman–Crippen LogP) is 4.78. The van der Waals surface area contributed by atoms with Crippen LogP contribution in [0.3, 0.4) is 0 Å². The molecule has 1 aliphatic rings. The van der Waals surface area contributed by atoms with Gasteiger partial charge in [0.05, 0.1) is 5.56 Å². The zero-order chi connectivity index (χ0) is 22.6. The molecular formula is C24H18F3N3O2. The maximum Gasteiger partial charge on any atom is 0.451 e. The minimum absolute atomic E-state index is 0.0207. The first-order chi connectivity index (χ1) is 15.4. The highest BCUT2D eigenvalue weighted by Gasteiger charge is 2.34. The number of rotatable bonds is 4. The van der Waals surface area contributed by atoms with E-state index in [0.29, 0.717) is 6.42 Å². The van der Waals surface area contributed by atoms with Crippen LogP contribution in [0.1, 0.15) is 34.9 Å². The molecule has 162 valence electrons. The maximum atomic E-state index is 12.4. The molecule has 5 nitrogen and oxygen atoms in total. The van der Waals surface area contributed by atoms with Gasteiger partial charge in [0.2, 0.25) is 5.82 Å². The van der Waals surface area contributed by atoms with E-state index in [-0.39, 0.29) is 24.6 Å². The number of fused-ring (bicyclic) bond motifs is 3. The Morgan fingerprint density at radius 3 is 2.19 bits per heavy atom. The SMILES string of the molecule is O=C(NCCC#Cc1cnc(C(F)(F)F)nc1)OCC1c2ccccc2-c2ccccc21. The number of alkyl halides is 3. The molecule has 0 radical (unpaired) electrons. The summed E-state index contributed by atoms with van der Waals surface area (Å²) in [5, 5.41) is 2.63. The molecule has 3 aromatic rings. The molecule has 0 fully saturated rings. The fourth-order valence-corrected chi connectivity index (χ4v) is 3.58. The summed E-state index contributed by atoms with van der Waals surface area (Å²) in [6, 6.07) is 16.1. The highest BCUT2D eigenvalue weighted by Crippen LogP contribution is 2.44. The van der Waals surface area contributed by atoms with Crippen LogP contribution >= 0.6 is 0 Å². The first kappa shape index (κ1) is 21.4. The molecular weight excluding hydrogens is 419 g/mol. The van der Waals surface area contributed by atoms with E-state index in [2.05, 4.69) is 39.3 Å². The van der Waals surface area contributed by atoms with Gasteiger partial charge in [-0.3, -0.25) is 0 Å². The summed E-state index contributed by atoms with van der Waals surface area (Å²) in [7, 11) is 0.